The van der Waals surface area contributed by atoms with Gasteiger partial charge in [-0.15, -0.1) is 0 Å². The van der Waals surface area contributed by atoms with E-state index >= 15 is 0 Å². The predicted molar refractivity (Wildman–Crippen MR) is 94.9 cm³/mol. The SMILES string of the molecule is COc1ccc([N+](=O)[O-])cc1NC(=O)[C@H]1[C@@H](C(=O)[O-])[C@@H]2CC[C@H]1C2=C(C)C. The Hall–Kier alpha value is -2.90. The van der Waals surface area contributed by atoms with Crippen molar-refractivity contribution in [1.29, 1.82) is 0 Å². The lowest BCUT2D eigenvalue weighted by molar-refractivity contribution is -0.384. The van der Waals surface area contributed by atoms with Crippen molar-refractivity contribution < 1.29 is 24.4 Å². The normalized spacial score (nSPS) is 26.0. The summed E-state index contributed by atoms with van der Waals surface area (Å²) in [6.45, 7) is 3.85. The molecule has 2 saturated carbocycles. The summed E-state index contributed by atoms with van der Waals surface area (Å²) >= 11 is 0. The van der Waals surface area contributed by atoms with Gasteiger partial charge in [-0.25, -0.2) is 0 Å². The van der Waals surface area contributed by atoms with E-state index in [0.29, 0.717) is 0 Å². The summed E-state index contributed by atoms with van der Waals surface area (Å²) in [5.41, 5.74) is 2.03. The minimum atomic E-state index is -1.23. The van der Waals surface area contributed by atoms with Crippen LogP contribution in [0.3, 0.4) is 0 Å². The molecule has 1 aromatic rings. The van der Waals surface area contributed by atoms with Crippen molar-refractivity contribution in [2.75, 3.05) is 12.4 Å². The Balaban J connectivity index is 1.94. The maximum absolute atomic E-state index is 13.0. The monoisotopic (exact) mass is 373 g/mol. The number of fused-ring (bicyclic) bond motifs is 2. The van der Waals surface area contributed by atoms with Gasteiger partial charge in [-0.05, 0) is 44.6 Å². The van der Waals surface area contributed by atoms with E-state index in [1.807, 2.05) is 13.8 Å². The van der Waals surface area contributed by atoms with E-state index in [2.05, 4.69) is 5.32 Å². The lowest BCUT2D eigenvalue weighted by Crippen LogP contribution is -2.44. The molecule has 1 N–H and O–H groups in total. The average molecular weight is 373 g/mol. The lowest BCUT2D eigenvalue weighted by Gasteiger charge is -2.30. The second-order valence-electron chi connectivity index (χ2n) is 7.25. The molecule has 4 atom stereocenters. The number of nitro benzene ring substituents is 1. The average Bonchev–Trinajstić information content (AvgIpc) is 3.17. The Morgan fingerprint density at radius 3 is 2.33 bits per heavy atom. The number of methoxy groups -OCH3 is 1. The number of carbonyl (C=O) groups is 2. The van der Waals surface area contributed by atoms with Gasteiger partial charge < -0.3 is 20.0 Å². The zero-order valence-corrected chi connectivity index (χ0v) is 15.4. The van der Waals surface area contributed by atoms with Gasteiger partial charge in [0.2, 0.25) is 5.91 Å². The van der Waals surface area contributed by atoms with Crippen LogP contribution in [0.1, 0.15) is 26.7 Å². The molecule has 0 spiro atoms. The molecule has 0 saturated heterocycles. The molecule has 1 aromatic carbocycles. The molecule has 2 fully saturated rings. The van der Waals surface area contributed by atoms with E-state index in [0.717, 1.165) is 24.0 Å². The highest BCUT2D eigenvalue weighted by molar-refractivity contribution is 5.97. The molecule has 1 amide bonds. The van der Waals surface area contributed by atoms with Crippen LogP contribution in [-0.2, 0) is 9.59 Å². The number of hydrogen-bond donors (Lipinski definition) is 1. The number of nitrogens with one attached hydrogen (secondary N) is 1. The van der Waals surface area contributed by atoms with Crippen LogP contribution in [-0.4, -0.2) is 23.9 Å². The van der Waals surface area contributed by atoms with Crippen LogP contribution < -0.4 is 15.2 Å². The summed E-state index contributed by atoms with van der Waals surface area (Å²) in [4.78, 5) is 35.2. The number of anilines is 1. The van der Waals surface area contributed by atoms with Gasteiger partial charge in [0.05, 0.1) is 23.6 Å². The Morgan fingerprint density at radius 1 is 1.19 bits per heavy atom. The summed E-state index contributed by atoms with van der Waals surface area (Å²) in [7, 11) is 1.39. The van der Waals surface area contributed by atoms with Crippen molar-refractivity contribution in [3.05, 3.63) is 39.5 Å². The molecule has 0 heterocycles. The molecule has 3 rings (SSSR count). The number of non-ortho nitro benzene ring substituents is 1. The third kappa shape index (κ3) is 3.15. The lowest BCUT2D eigenvalue weighted by atomic mass is 9.78. The molecular weight excluding hydrogens is 352 g/mol. The Kier molecular flexibility index (Phi) is 4.91. The highest BCUT2D eigenvalue weighted by Crippen LogP contribution is 2.57. The van der Waals surface area contributed by atoms with E-state index in [-0.39, 0.29) is 29.0 Å². The Bertz CT molecular complexity index is 843. The first-order chi connectivity index (χ1) is 12.8. The number of ether oxygens (including phenoxy) is 1. The second kappa shape index (κ2) is 7.02. The zero-order valence-electron chi connectivity index (χ0n) is 15.4. The fourth-order valence-electron chi connectivity index (χ4n) is 4.71. The topological polar surface area (TPSA) is 122 Å². The number of nitro groups is 1. The predicted octanol–water partition coefficient (Wildman–Crippen LogP) is 1.90. The van der Waals surface area contributed by atoms with Crippen LogP contribution in [0.4, 0.5) is 11.4 Å². The molecule has 8 heteroatoms. The van der Waals surface area contributed by atoms with E-state index in [1.165, 1.54) is 25.3 Å². The Labute approximate surface area is 156 Å². The molecule has 27 heavy (non-hydrogen) atoms. The summed E-state index contributed by atoms with van der Waals surface area (Å²) in [6.07, 6.45) is 1.48. The van der Waals surface area contributed by atoms with E-state index in [1.54, 1.807) is 0 Å². The zero-order chi connectivity index (χ0) is 19.9. The van der Waals surface area contributed by atoms with Gasteiger partial charge >= 0.3 is 0 Å². The van der Waals surface area contributed by atoms with Crippen LogP contribution in [0, 0.1) is 33.8 Å². The number of amides is 1. The van der Waals surface area contributed by atoms with E-state index < -0.39 is 28.6 Å². The quantitative estimate of drug-likeness (QED) is 0.478. The number of allylic oxidation sites excluding steroid dienone is 2. The van der Waals surface area contributed by atoms with Crippen LogP contribution >= 0.6 is 0 Å². The molecule has 0 aliphatic heterocycles. The minimum Gasteiger partial charge on any atom is -0.550 e. The summed E-state index contributed by atoms with van der Waals surface area (Å²) < 4.78 is 5.16. The highest BCUT2D eigenvalue weighted by atomic mass is 16.6. The number of carboxylic acids is 1. The van der Waals surface area contributed by atoms with Crippen LogP contribution in [0.5, 0.6) is 5.75 Å². The van der Waals surface area contributed by atoms with Crippen molar-refractivity contribution in [1.82, 2.24) is 0 Å². The summed E-state index contributed by atoms with van der Waals surface area (Å²) in [6, 6.07) is 3.88. The molecule has 0 unspecified atom stereocenters. The number of benzene rings is 1. The van der Waals surface area contributed by atoms with E-state index in [9.17, 15) is 24.8 Å². The fourth-order valence-corrected chi connectivity index (χ4v) is 4.71. The second-order valence-corrected chi connectivity index (χ2v) is 7.25. The van der Waals surface area contributed by atoms with Crippen molar-refractivity contribution in [2.45, 2.75) is 26.7 Å². The highest BCUT2D eigenvalue weighted by Gasteiger charge is 2.54. The first-order valence-corrected chi connectivity index (χ1v) is 8.77. The third-order valence-corrected chi connectivity index (χ3v) is 5.65. The number of carboxylic acid groups (broad SMARTS) is 1. The number of hydrogen-bond acceptors (Lipinski definition) is 6. The van der Waals surface area contributed by atoms with Gasteiger partial charge in [-0.3, -0.25) is 14.9 Å². The van der Waals surface area contributed by atoms with E-state index in [4.69, 9.17) is 4.74 Å². The van der Waals surface area contributed by atoms with Crippen molar-refractivity contribution in [3.8, 4) is 5.75 Å². The number of aliphatic carboxylic acids is 1. The summed E-state index contributed by atoms with van der Waals surface area (Å²) in [5, 5.41) is 25.4. The number of nitrogens with zero attached hydrogens (tertiary/aromatic N) is 1. The van der Waals surface area contributed by atoms with Crippen molar-refractivity contribution >= 4 is 23.3 Å². The Morgan fingerprint density at radius 2 is 1.81 bits per heavy atom. The molecule has 2 bridgehead atoms. The maximum Gasteiger partial charge on any atom is 0.271 e. The maximum atomic E-state index is 13.0. The molecule has 0 radical (unpaired) electrons. The smallest absolute Gasteiger partial charge is 0.271 e. The van der Waals surface area contributed by atoms with Gasteiger partial charge in [0.25, 0.3) is 5.69 Å². The fraction of sp³-hybridized carbons (Fsp3) is 0.474. The number of carbonyl (C=O) groups excluding carboxylic acids is 2. The molecule has 2 aliphatic carbocycles. The van der Waals surface area contributed by atoms with Gasteiger partial charge in [0, 0.05) is 24.0 Å². The molecule has 8 nitrogen and oxygen atoms in total. The van der Waals surface area contributed by atoms with Gasteiger partial charge in [-0.2, -0.15) is 0 Å². The van der Waals surface area contributed by atoms with Crippen molar-refractivity contribution in [2.24, 2.45) is 23.7 Å². The summed E-state index contributed by atoms with van der Waals surface area (Å²) in [5.74, 6) is -3.42. The standard InChI is InChI=1S/C19H22N2O6/c1-9(2)15-11-5-6-12(15)17(19(23)24)16(11)18(22)20-13-8-10(21(25)26)4-7-14(13)27-3/h4,7-8,11-12,16-17H,5-6H2,1-3H3,(H,20,22)(H,23,24)/p-1/t11-,12+,16+,17-/m0/s1. The molecule has 144 valence electrons. The first kappa shape index (κ1) is 18.9. The van der Waals surface area contributed by atoms with Crippen LogP contribution in [0.2, 0.25) is 0 Å². The van der Waals surface area contributed by atoms with Crippen molar-refractivity contribution in [3.63, 3.8) is 0 Å². The van der Waals surface area contributed by atoms with Gasteiger partial charge in [-0.1, -0.05) is 11.1 Å². The van der Waals surface area contributed by atoms with Gasteiger partial charge in [0.15, 0.2) is 0 Å². The first-order valence-electron chi connectivity index (χ1n) is 8.77. The van der Waals surface area contributed by atoms with Crippen LogP contribution in [0.25, 0.3) is 0 Å². The van der Waals surface area contributed by atoms with Crippen LogP contribution in [0.15, 0.2) is 29.3 Å². The largest absolute Gasteiger partial charge is 0.550 e. The number of rotatable bonds is 5. The molecule has 2 aliphatic rings. The molecule has 0 aromatic heterocycles. The minimum absolute atomic E-state index is 0.146. The third-order valence-electron chi connectivity index (χ3n) is 5.65. The van der Waals surface area contributed by atoms with Gasteiger partial charge in [0.1, 0.15) is 5.75 Å². The molecular formula is C19H21N2O6-.